The Labute approximate surface area is 129 Å². The number of carboxylic acids is 2. The van der Waals surface area contributed by atoms with E-state index >= 15 is 0 Å². The first kappa shape index (κ1) is 17.0. The molecule has 114 valence electrons. The molecule has 1 amide bonds. The zero-order valence-electron chi connectivity index (χ0n) is 11.1. The highest BCUT2D eigenvalue weighted by molar-refractivity contribution is 9.10. The van der Waals surface area contributed by atoms with Gasteiger partial charge in [-0.2, -0.15) is 0 Å². The standard InChI is InChI=1S/C13H14BrNO6/c1-7(21-9-4-2-8(14)3-5-9)12(18)15-10(13(19)20)6-11(16)17/h2-5,7,10H,6H2,1H3,(H,15,18)(H,16,17)(H,19,20). The Kier molecular flexibility index (Phi) is 6.16. The van der Waals surface area contributed by atoms with Gasteiger partial charge >= 0.3 is 11.9 Å². The van der Waals surface area contributed by atoms with Crippen LogP contribution in [-0.2, 0) is 14.4 Å². The van der Waals surface area contributed by atoms with Gasteiger partial charge in [-0.3, -0.25) is 9.59 Å². The lowest BCUT2D eigenvalue weighted by Gasteiger charge is -2.17. The van der Waals surface area contributed by atoms with Gasteiger partial charge in [0.25, 0.3) is 5.91 Å². The number of ether oxygens (including phenoxy) is 1. The quantitative estimate of drug-likeness (QED) is 0.675. The maximum atomic E-state index is 11.8. The van der Waals surface area contributed by atoms with Gasteiger partial charge in [0.1, 0.15) is 11.8 Å². The lowest BCUT2D eigenvalue weighted by Crippen LogP contribution is -2.47. The molecule has 1 aromatic carbocycles. The van der Waals surface area contributed by atoms with Crippen LogP contribution in [0.25, 0.3) is 0 Å². The second-order valence-electron chi connectivity index (χ2n) is 4.21. The number of rotatable bonds is 7. The summed E-state index contributed by atoms with van der Waals surface area (Å²) in [6.45, 7) is 1.44. The summed E-state index contributed by atoms with van der Waals surface area (Å²) < 4.78 is 6.19. The number of carbonyl (C=O) groups excluding carboxylic acids is 1. The molecule has 0 bridgehead atoms. The normalized spacial score (nSPS) is 13.0. The molecule has 0 aliphatic carbocycles. The Morgan fingerprint density at radius 2 is 1.81 bits per heavy atom. The fourth-order valence-electron chi connectivity index (χ4n) is 1.43. The number of aliphatic carboxylic acids is 2. The van der Waals surface area contributed by atoms with Crippen LogP contribution in [-0.4, -0.2) is 40.2 Å². The number of carbonyl (C=O) groups is 3. The van der Waals surface area contributed by atoms with E-state index in [0.717, 1.165) is 4.47 Å². The van der Waals surface area contributed by atoms with Crippen molar-refractivity contribution in [2.24, 2.45) is 0 Å². The first-order chi connectivity index (χ1) is 9.79. The van der Waals surface area contributed by atoms with Crippen molar-refractivity contribution in [1.82, 2.24) is 5.32 Å². The largest absolute Gasteiger partial charge is 0.481 e. The van der Waals surface area contributed by atoms with E-state index < -0.39 is 36.4 Å². The molecule has 2 atom stereocenters. The summed E-state index contributed by atoms with van der Waals surface area (Å²) in [4.78, 5) is 33.2. The number of amides is 1. The van der Waals surface area contributed by atoms with Gasteiger partial charge in [0.05, 0.1) is 6.42 Å². The van der Waals surface area contributed by atoms with E-state index in [4.69, 9.17) is 14.9 Å². The molecule has 1 aromatic rings. The van der Waals surface area contributed by atoms with Gasteiger partial charge < -0.3 is 20.3 Å². The molecule has 0 heterocycles. The Morgan fingerprint density at radius 1 is 1.24 bits per heavy atom. The third-order valence-electron chi connectivity index (χ3n) is 2.49. The number of halogens is 1. The molecule has 0 aliphatic heterocycles. The Bertz CT molecular complexity index is 530. The molecule has 7 nitrogen and oxygen atoms in total. The van der Waals surface area contributed by atoms with E-state index in [1.165, 1.54) is 6.92 Å². The van der Waals surface area contributed by atoms with Crippen molar-refractivity contribution in [3.63, 3.8) is 0 Å². The molecule has 3 N–H and O–H groups in total. The van der Waals surface area contributed by atoms with Crippen LogP contribution < -0.4 is 10.1 Å². The molecule has 21 heavy (non-hydrogen) atoms. The van der Waals surface area contributed by atoms with Gasteiger partial charge in [-0.05, 0) is 31.2 Å². The van der Waals surface area contributed by atoms with Crippen LogP contribution in [0.1, 0.15) is 13.3 Å². The van der Waals surface area contributed by atoms with E-state index in [-0.39, 0.29) is 0 Å². The van der Waals surface area contributed by atoms with Crippen molar-refractivity contribution in [2.75, 3.05) is 0 Å². The van der Waals surface area contributed by atoms with E-state index in [9.17, 15) is 14.4 Å². The monoisotopic (exact) mass is 359 g/mol. The predicted molar refractivity (Wildman–Crippen MR) is 76.1 cm³/mol. The minimum atomic E-state index is -1.49. The number of carboxylic acid groups (broad SMARTS) is 2. The summed E-state index contributed by atoms with van der Waals surface area (Å²) >= 11 is 3.26. The van der Waals surface area contributed by atoms with Crippen molar-refractivity contribution in [2.45, 2.75) is 25.5 Å². The highest BCUT2D eigenvalue weighted by Crippen LogP contribution is 2.17. The number of hydrogen-bond acceptors (Lipinski definition) is 4. The van der Waals surface area contributed by atoms with Crippen molar-refractivity contribution < 1.29 is 29.3 Å². The lowest BCUT2D eigenvalue weighted by molar-refractivity contribution is -0.147. The minimum absolute atomic E-state index is 0.436. The van der Waals surface area contributed by atoms with Gasteiger partial charge in [-0.25, -0.2) is 4.79 Å². The fraction of sp³-hybridized carbons (Fsp3) is 0.308. The summed E-state index contributed by atoms with van der Waals surface area (Å²) in [5.74, 6) is -3.00. The van der Waals surface area contributed by atoms with Crippen LogP contribution in [0.2, 0.25) is 0 Å². The summed E-state index contributed by atoms with van der Waals surface area (Å²) in [5.41, 5.74) is 0. The second-order valence-corrected chi connectivity index (χ2v) is 5.13. The van der Waals surface area contributed by atoms with Crippen LogP contribution in [0.3, 0.4) is 0 Å². The van der Waals surface area contributed by atoms with E-state index in [1.54, 1.807) is 24.3 Å². The first-order valence-electron chi connectivity index (χ1n) is 5.96. The van der Waals surface area contributed by atoms with Crippen molar-refractivity contribution in [3.05, 3.63) is 28.7 Å². The van der Waals surface area contributed by atoms with Gasteiger partial charge in [-0.1, -0.05) is 15.9 Å². The predicted octanol–water partition coefficient (Wildman–Crippen LogP) is 1.26. The molecule has 0 aliphatic rings. The molecule has 1 rings (SSSR count). The van der Waals surface area contributed by atoms with Crippen LogP contribution >= 0.6 is 15.9 Å². The van der Waals surface area contributed by atoms with Crippen molar-refractivity contribution in [1.29, 1.82) is 0 Å². The number of benzene rings is 1. The van der Waals surface area contributed by atoms with Crippen LogP contribution in [0.4, 0.5) is 0 Å². The number of hydrogen-bond donors (Lipinski definition) is 3. The Hall–Kier alpha value is -2.09. The summed E-state index contributed by atoms with van der Waals surface area (Å²) in [7, 11) is 0. The number of nitrogens with one attached hydrogen (secondary N) is 1. The molecule has 2 unspecified atom stereocenters. The smallest absolute Gasteiger partial charge is 0.326 e. The Balaban J connectivity index is 2.62. The third kappa shape index (κ3) is 5.82. The van der Waals surface area contributed by atoms with Gasteiger partial charge in [-0.15, -0.1) is 0 Å². The van der Waals surface area contributed by atoms with Gasteiger partial charge in [0, 0.05) is 4.47 Å². The molecule has 8 heteroatoms. The van der Waals surface area contributed by atoms with Gasteiger partial charge in [0.2, 0.25) is 0 Å². The van der Waals surface area contributed by atoms with Crippen molar-refractivity contribution in [3.8, 4) is 5.75 Å². The summed E-state index contributed by atoms with van der Waals surface area (Å²) in [6, 6.07) is 5.24. The molecule has 0 spiro atoms. The van der Waals surface area contributed by atoms with Crippen LogP contribution in [0.5, 0.6) is 5.75 Å². The summed E-state index contributed by atoms with van der Waals surface area (Å²) in [6.07, 6.45) is -1.66. The zero-order valence-corrected chi connectivity index (χ0v) is 12.7. The lowest BCUT2D eigenvalue weighted by atomic mass is 10.2. The molecule has 0 fully saturated rings. The maximum Gasteiger partial charge on any atom is 0.326 e. The van der Waals surface area contributed by atoms with Crippen molar-refractivity contribution >= 4 is 33.8 Å². The third-order valence-corrected chi connectivity index (χ3v) is 3.02. The molecular formula is C13H14BrNO6. The molecule has 0 saturated carbocycles. The van der Waals surface area contributed by atoms with E-state index in [2.05, 4.69) is 21.2 Å². The molecule has 0 saturated heterocycles. The van der Waals surface area contributed by atoms with Crippen LogP contribution in [0, 0.1) is 0 Å². The average molecular weight is 360 g/mol. The topological polar surface area (TPSA) is 113 Å². The Morgan fingerprint density at radius 3 is 2.29 bits per heavy atom. The van der Waals surface area contributed by atoms with E-state index in [1.807, 2.05) is 0 Å². The minimum Gasteiger partial charge on any atom is -0.481 e. The maximum absolute atomic E-state index is 11.8. The first-order valence-corrected chi connectivity index (χ1v) is 6.76. The SMILES string of the molecule is CC(Oc1ccc(Br)cc1)C(=O)NC(CC(=O)O)C(=O)O. The van der Waals surface area contributed by atoms with Gasteiger partial charge in [0.15, 0.2) is 6.10 Å². The summed E-state index contributed by atoms with van der Waals surface area (Å²) in [5, 5.41) is 19.6. The highest BCUT2D eigenvalue weighted by atomic mass is 79.9. The molecular weight excluding hydrogens is 346 g/mol. The van der Waals surface area contributed by atoms with E-state index in [0.29, 0.717) is 5.75 Å². The van der Waals surface area contributed by atoms with Crippen LogP contribution in [0.15, 0.2) is 28.7 Å². The highest BCUT2D eigenvalue weighted by Gasteiger charge is 2.26. The molecule has 0 aromatic heterocycles. The average Bonchev–Trinajstić information content (AvgIpc) is 2.39. The fourth-order valence-corrected chi connectivity index (χ4v) is 1.70. The zero-order chi connectivity index (χ0) is 16.0. The molecule has 0 radical (unpaired) electrons. The second kappa shape index (κ2) is 7.63.